The number of likely N-dealkylation sites (tertiary alicyclic amines) is 1. The summed E-state index contributed by atoms with van der Waals surface area (Å²) in [5, 5.41) is 3.54. The summed E-state index contributed by atoms with van der Waals surface area (Å²) >= 11 is 0. The average molecular weight is 264 g/mol. The summed E-state index contributed by atoms with van der Waals surface area (Å²) in [6, 6.07) is 7.09. The lowest BCUT2D eigenvalue weighted by Crippen LogP contribution is -2.32. The van der Waals surface area contributed by atoms with Crippen molar-refractivity contribution in [2.45, 2.75) is 32.2 Å². The fourth-order valence-electron chi connectivity index (χ4n) is 2.72. The van der Waals surface area contributed by atoms with Gasteiger partial charge in [0, 0.05) is 6.04 Å². The molecule has 0 aliphatic carbocycles. The number of hydrogen-bond donors (Lipinski definition) is 1. The first-order valence-electron chi connectivity index (χ1n) is 7.32. The van der Waals surface area contributed by atoms with Crippen molar-refractivity contribution in [1.29, 1.82) is 0 Å². The second-order valence-corrected chi connectivity index (χ2v) is 5.76. The van der Waals surface area contributed by atoms with Crippen LogP contribution in [-0.2, 0) is 0 Å². The van der Waals surface area contributed by atoms with Gasteiger partial charge in [0.2, 0.25) is 0 Å². The minimum atomic E-state index is -0.165. The largest absolute Gasteiger partial charge is 0.310 e. The monoisotopic (exact) mass is 264 g/mol. The number of nitrogens with one attached hydrogen (secondary N) is 1. The molecular formula is C16H25FN2. The highest BCUT2D eigenvalue weighted by atomic mass is 19.1. The van der Waals surface area contributed by atoms with Crippen molar-refractivity contribution >= 4 is 0 Å². The minimum absolute atomic E-state index is 0.165. The molecule has 0 radical (unpaired) electrons. The van der Waals surface area contributed by atoms with Gasteiger partial charge in [-0.05, 0) is 76.5 Å². The summed E-state index contributed by atoms with van der Waals surface area (Å²) in [4.78, 5) is 2.41. The highest BCUT2D eigenvalue weighted by Gasteiger charge is 2.16. The molecule has 1 atom stereocenters. The van der Waals surface area contributed by atoms with Crippen LogP contribution in [0.1, 0.15) is 37.8 Å². The Morgan fingerprint density at radius 3 is 2.53 bits per heavy atom. The van der Waals surface area contributed by atoms with E-state index in [4.69, 9.17) is 0 Å². The molecule has 106 valence electrons. The van der Waals surface area contributed by atoms with Gasteiger partial charge < -0.3 is 10.2 Å². The lowest BCUT2D eigenvalue weighted by Gasteiger charge is -2.29. The van der Waals surface area contributed by atoms with Crippen LogP contribution in [0.5, 0.6) is 0 Å². The van der Waals surface area contributed by atoms with E-state index in [9.17, 15) is 4.39 Å². The summed E-state index contributed by atoms with van der Waals surface area (Å²) in [5.74, 6) is 0.700. The second kappa shape index (κ2) is 7.01. The van der Waals surface area contributed by atoms with Crippen molar-refractivity contribution in [3.8, 4) is 0 Å². The normalized spacial score (nSPS) is 19.5. The van der Waals surface area contributed by atoms with Crippen LogP contribution in [0.4, 0.5) is 4.39 Å². The number of piperidine rings is 1. The van der Waals surface area contributed by atoms with E-state index in [1.165, 1.54) is 44.5 Å². The molecule has 1 aromatic rings. The van der Waals surface area contributed by atoms with Gasteiger partial charge in [0.05, 0.1) is 0 Å². The topological polar surface area (TPSA) is 15.3 Å². The summed E-state index contributed by atoms with van der Waals surface area (Å²) in [6.45, 7) is 5.66. The number of rotatable bonds is 5. The molecule has 0 unspecified atom stereocenters. The Balaban J connectivity index is 1.69. The Bertz CT molecular complexity index is 369. The van der Waals surface area contributed by atoms with Crippen LogP contribution in [0.25, 0.3) is 0 Å². The Kier molecular flexibility index (Phi) is 5.34. The Labute approximate surface area is 116 Å². The third kappa shape index (κ3) is 4.59. The van der Waals surface area contributed by atoms with Crippen LogP contribution < -0.4 is 5.32 Å². The maximum absolute atomic E-state index is 12.9. The molecule has 2 nitrogen and oxygen atoms in total. The van der Waals surface area contributed by atoms with E-state index >= 15 is 0 Å². The summed E-state index contributed by atoms with van der Waals surface area (Å²) in [5.41, 5.74) is 1.16. The third-order valence-corrected chi connectivity index (χ3v) is 4.21. The molecule has 2 rings (SSSR count). The van der Waals surface area contributed by atoms with Crippen LogP contribution in [-0.4, -0.2) is 31.6 Å². The van der Waals surface area contributed by atoms with Gasteiger partial charge in [-0.15, -0.1) is 0 Å². The predicted molar refractivity (Wildman–Crippen MR) is 77.7 cm³/mol. The van der Waals surface area contributed by atoms with Crippen LogP contribution >= 0.6 is 0 Å². The van der Waals surface area contributed by atoms with E-state index in [1.807, 2.05) is 12.1 Å². The van der Waals surface area contributed by atoms with Crippen molar-refractivity contribution in [2.24, 2.45) is 5.92 Å². The van der Waals surface area contributed by atoms with Gasteiger partial charge in [0.1, 0.15) is 5.82 Å². The van der Waals surface area contributed by atoms with E-state index in [1.54, 1.807) is 0 Å². The zero-order chi connectivity index (χ0) is 13.7. The van der Waals surface area contributed by atoms with Gasteiger partial charge in [-0.3, -0.25) is 0 Å². The molecule has 3 heteroatoms. The van der Waals surface area contributed by atoms with Crippen molar-refractivity contribution in [1.82, 2.24) is 10.2 Å². The predicted octanol–water partition coefficient (Wildman–Crippen LogP) is 3.21. The summed E-state index contributed by atoms with van der Waals surface area (Å²) in [6.07, 6.45) is 3.89. The van der Waals surface area contributed by atoms with Crippen molar-refractivity contribution in [3.05, 3.63) is 35.6 Å². The third-order valence-electron chi connectivity index (χ3n) is 4.21. The standard InChI is InChI=1S/C16H25FN2/c1-13(15-3-5-16(17)6-4-15)18-10-7-14-8-11-19(2)12-9-14/h3-6,13-14,18H,7-12H2,1-2H3/t13-/m0/s1. The van der Waals surface area contributed by atoms with E-state index in [2.05, 4.69) is 24.2 Å². The highest BCUT2D eigenvalue weighted by molar-refractivity contribution is 5.19. The van der Waals surface area contributed by atoms with Crippen LogP contribution in [0, 0.1) is 11.7 Å². The Hall–Kier alpha value is -0.930. The highest BCUT2D eigenvalue weighted by Crippen LogP contribution is 2.19. The van der Waals surface area contributed by atoms with Gasteiger partial charge in [0.15, 0.2) is 0 Å². The molecule has 1 aromatic carbocycles. The molecule has 1 aliphatic rings. The molecule has 0 amide bonds. The van der Waals surface area contributed by atoms with Gasteiger partial charge in [-0.2, -0.15) is 0 Å². The Morgan fingerprint density at radius 1 is 1.26 bits per heavy atom. The molecule has 1 N–H and O–H groups in total. The first kappa shape index (κ1) is 14.5. The maximum Gasteiger partial charge on any atom is 0.123 e. The van der Waals surface area contributed by atoms with Crippen LogP contribution in [0.15, 0.2) is 24.3 Å². The molecule has 0 saturated carbocycles. The zero-order valence-electron chi connectivity index (χ0n) is 12.0. The van der Waals surface area contributed by atoms with Crippen molar-refractivity contribution < 1.29 is 4.39 Å². The number of benzene rings is 1. The second-order valence-electron chi connectivity index (χ2n) is 5.76. The zero-order valence-corrected chi connectivity index (χ0v) is 12.0. The SMILES string of the molecule is C[C@H](NCCC1CCN(C)CC1)c1ccc(F)cc1. The molecule has 1 heterocycles. The van der Waals surface area contributed by atoms with Crippen molar-refractivity contribution in [2.75, 3.05) is 26.7 Å². The van der Waals surface area contributed by atoms with E-state index in [0.717, 1.165) is 18.0 Å². The smallest absolute Gasteiger partial charge is 0.123 e. The van der Waals surface area contributed by atoms with E-state index < -0.39 is 0 Å². The lowest BCUT2D eigenvalue weighted by molar-refractivity contribution is 0.211. The summed E-state index contributed by atoms with van der Waals surface area (Å²) in [7, 11) is 2.20. The van der Waals surface area contributed by atoms with Gasteiger partial charge in [-0.25, -0.2) is 4.39 Å². The average Bonchev–Trinajstić information content (AvgIpc) is 2.41. The van der Waals surface area contributed by atoms with Crippen LogP contribution in [0.3, 0.4) is 0 Å². The molecule has 0 bridgehead atoms. The fraction of sp³-hybridized carbons (Fsp3) is 0.625. The van der Waals surface area contributed by atoms with Gasteiger partial charge >= 0.3 is 0 Å². The molecule has 19 heavy (non-hydrogen) atoms. The molecule has 0 aromatic heterocycles. The molecule has 1 fully saturated rings. The van der Waals surface area contributed by atoms with Gasteiger partial charge in [0.25, 0.3) is 0 Å². The van der Waals surface area contributed by atoms with E-state index in [-0.39, 0.29) is 5.82 Å². The van der Waals surface area contributed by atoms with E-state index in [0.29, 0.717) is 6.04 Å². The van der Waals surface area contributed by atoms with Gasteiger partial charge in [-0.1, -0.05) is 12.1 Å². The molecule has 1 aliphatic heterocycles. The quantitative estimate of drug-likeness (QED) is 0.878. The van der Waals surface area contributed by atoms with Crippen molar-refractivity contribution in [3.63, 3.8) is 0 Å². The first-order chi connectivity index (χ1) is 9.15. The molecule has 0 spiro atoms. The first-order valence-corrected chi connectivity index (χ1v) is 7.32. The number of nitrogens with zero attached hydrogens (tertiary/aromatic N) is 1. The number of halogens is 1. The molecule has 1 saturated heterocycles. The summed E-state index contributed by atoms with van der Waals surface area (Å²) < 4.78 is 12.9. The lowest BCUT2D eigenvalue weighted by atomic mass is 9.93. The Morgan fingerprint density at radius 2 is 1.89 bits per heavy atom. The van der Waals surface area contributed by atoms with Crippen LogP contribution in [0.2, 0.25) is 0 Å². The molecular weight excluding hydrogens is 239 g/mol. The fourth-order valence-corrected chi connectivity index (χ4v) is 2.72. The number of hydrogen-bond acceptors (Lipinski definition) is 2. The maximum atomic E-state index is 12.9. The minimum Gasteiger partial charge on any atom is -0.310 e.